The van der Waals surface area contributed by atoms with Crippen LogP contribution in [0.2, 0.25) is 0 Å². The predicted molar refractivity (Wildman–Crippen MR) is 103 cm³/mol. The number of benzene rings is 1. The fourth-order valence-electron chi connectivity index (χ4n) is 3.39. The number of nitrogens with two attached hydrogens (primary N) is 1. The summed E-state index contributed by atoms with van der Waals surface area (Å²) in [7, 11) is 0. The van der Waals surface area contributed by atoms with Crippen molar-refractivity contribution in [2.24, 2.45) is 5.73 Å². The molecule has 1 aromatic heterocycles. The molecular formula is C21H30N2O2. The molecule has 2 aromatic rings. The van der Waals surface area contributed by atoms with E-state index in [-0.39, 0.29) is 5.91 Å². The molecule has 2 rings (SSSR count). The Balaban J connectivity index is 2.52. The van der Waals surface area contributed by atoms with Crippen LogP contribution in [0.25, 0.3) is 11.1 Å². The van der Waals surface area contributed by atoms with Crippen LogP contribution in [0.1, 0.15) is 54.9 Å². The quantitative estimate of drug-likeness (QED) is 0.653. The first-order valence-electron chi connectivity index (χ1n) is 9.26. The van der Waals surface area contributed by atoms with E-state index < -0.39 is 0 Å². The average molecular weight is 342 g/mol. The summed E-state index contributed by atoms with van der Waals surface area (Å²) in [5, 5.41) is 0. The van der Waals surface area contributed by atoms with E-state index in [1.807, 2.05) is 32.0 Å². The lowest BCUT2D eigenvalue weighted by Gasteiger charge is -2.13. The Morgan fingerprint density at radius 1 is 1.16 bits per heavy atom. The molecule has 1 heterocycles. The number of unbranched alkanes of at least 4 members (excludes halogenated alkanes) is 1. The number of aromatic nitrogens is 1. The van der Waals surface area contributed by atoms with Crippen molar-refractivity contribution in [1.29, 1.82) is 0 Å². The number of nitrogens with zero attached hydrogens (tertiary/aromatic N) is 1. The van der Waals surface area contributed by atoms with Crippen molar-refractivity contribution in [1.82, 2.24) is 4.57 Å². The van der Waals surface area contributed by atoms with E-state index in [0.29, 0.717) is 5.56 Å². The van der Waals surface area contributed by atoms with E-state index in [1.54, 1.807) is 0 Å². The van der Waals surface area contributed by atoms with E-state index >= 15 is 0 Å². The van der Waals surface area contributed by atoms with Crippen LogP contribution in [0.3, 0.4) is 0 Å². The van der Waals surface area contributed by atoms with Gasteiger partial charge in [0.05, 0.1) is 5.56 Å². The smallest absolute Gasteiger partial charge is 0.251 e. The SMILES string of the molecule is CCCCc1c(-c2ccccc2)c(C(N)=O)c(C)n1CCCOCC. The van der Waals surface area contributed by atoms with Gasteiger partial charge < -0.3 is 15.0 Å². The Bertz CT molecular complexity index is 690. The van der Waals surface area contributed by atoms with Gasteiger partial charge in [0, 0.05) is 36.7 Å². The maximum atomic E-state index is 12.2. The molecular weight excluding hydrogens is 312 g/mol. The highest BCUT2D eigenvalue weighted by atomic mass is 16.5. The lowest BCUT2D eigenvalue weighted by atomic mass is 9.98. The zero-order valence-corrected chi connectivity index (χ0v) is 15.7. The summed E-state index contributed by atoms with van der Waals surface area (Å²) in [6.07, 6.45) is 4.08. The number of hydrogen-bond donors (Lipinski definition) is 1. The van der Waals surface area contributed by atoms with Gasteiger partial charge in [-0.25, -0.2) is 0 Å². The molecule has 136 valence electrons. The number of primary amides is 1. The summed E-state index contributed by atoms with van der Waals surface area (Å²) in [4.78, 5) is 12.2. The summed E-state index contributed by atoms with van der Waals surface area (Å²) < 4.78 is 7.76. The molecule has 4 nitrogen and oxygen atoms in total. The molecule has 0 spiro atoms. The van der Waals surface area contributed by atoms with Crippen molar-refractivity contribution < 1.29 is 9.53 Å². The summed E-state index contributed by atoms with van der Waals surface area (Å²) in [6.45, 7) is 8.50. The molecule has 1 aromatic carbocycles. The normalized spacial score (nSPS) is 11.0. The van der Waals surface area contributed by atoms with Gasteiger partial charge in [-0.1, -0.05) is 43.7 Å². The third-order valence-corrected chi connectivity index (χ3v) is 4.58. The van der Waals surface area contributed by atoms with E-state index in [4.69, 9.17) is 10.5 Å². The third-order valence-electron chi connectivity index (χ3n) is 4.58. The van der Waals surface area contributed by atoms with Crippen LogP contribution in [0, 0.1) is 6.92 Å². The second kappa shape index (κ2) is 9.42. The van der Waals surface area contributed by atoms with Gasteiger partial charge in [0.25, 0.3) is 5.91 Å². The molecule has 0 saturated carbocycles. The first kappa shape index (κ1) is 19.3. The standard InChI is InChI=1S/C21H30N2O2/c1-4-6-13-18-20(17-11-8-7-9-12-17)19(21(22)24)16(3)23(18)14-10-15-25-5-2/h7-9,11-12H,4-6,10,13-15H2,1-3H3,(H2,22,24). The zero-order chi connectivity index (χ0) is 18.2. The Hall–Kier alpha value is -2.07. The molecule has 2 N–H and O–H groups in total. The first-order chi connectivity index (χ1) is 12.1. The Kier molecular flexibility index (Phi) is 7.26. The average Bonchev–Trinajstić information content (AvgIpc) is 2.89. The molecule has 0 bridgehead atoms. The minimum atomic E-state index is -0.349. The first-order valence-corrected chi connectivity index (χ1v) is 9.26. The van der Waals surface area contributed by atoms with E-state index in [2.05, 4.69) is 23.6 Å². The van der Waals surface area contributed by atoms with Crippen LogP contribution in [0.5, 0.6) is 0 Å². The molecule has 0 unspecified atom stereocenters. The second-order valence-electron chi connectivity index (χ2n) is 6.32. The minimum absolute atomic E-state index is 0.349. The van der Waals surface area contributed by atoms with Crippen LogP contribution in [0.4, 0.5) is 0 Å². The molecule has 25 heavy (non-hydrogen) atoms. The molecule has 0 atom stereocenters. The van der Waals surface area contributed by atoms with Gasteiger partial charge in [0.1, 0.15) is 0 Å². The lowest BCUT2D eigenvalue weighted by Crippen LogP contribution is -2.13. The van der Waals surface area contributed by atoms with Crippen LogP contribution in [0.15, 0.2) is 30.3 Å². The van der Waals surface area contributed by atoms with E-state index in [9.17, 15) is 4.79 Å². The number of carbonyl (C=O) groups excluding carboxylic acids is 1. The molecule has 0 aliphatic heterocycles. The van der Waals surface area contributed by atoms with Crippen molar-refractivity contribution in [3.05, 3.63) is 47.3 Å². The Morgan fingerprint density at radius 2 is 1.88 bits per heavy atom. The fourth-order valence-corrected chi connectivity index (χ4v) is 3.39. The molecule has 0 saturated heterocycles. The topological polar surface area (TPSA) is 57.2 Å². The second-order valence-corrected chi connectivity index (χ2v) is 6.32. The van der Waals surface area contributed by atoms with Crippen LogP contribution >= 0.6 is 0 Å². The van der Waals surface area contributed by atoms with Crippen molar-refractivity contribution in [3.63, 3.8) is 0 Å². The highest BCUT2D eigenvalue weighted by Gasteiger charge is 2.24. The number of hydrogen-bond acceptors (Lipinski definition) is 2. The maximum absolute atomic E-state index is 12.2. The maximum Gasteiger partial charge on any atom is 0.251 e. The van der Waals surface area contributed by atoms with Gasteiger partial charge in [-0.05, 0) is 38.7 Å². The van der Waals surface area contributed by atoms with E-state index in [0.717, 1.165) is 62.3 Å². The molecule has 1 amide bonds. The minimum Gasteiger partial charge on any atom is -0.382 e. The molecule has 0 radical (unpaired) electrons. The summed E-state index contributed by atoms with van der Waals surface area (Å²) >= 11 is 0. The monoisotopic (exact) mass is 342 g/mol. The fraction of sp³-hybridized carbons (Fsp3) is 0.476. The molecule has 4 heteroatoms. The van der Waals surface area contributed by atoms with Gasteiger partial charge in [-0.2, -0.15) is 0 Å². The van der Waals surface area contributed by atoms with Crippen LogP contribution in [-0.4, -0.2) is 23.7 Å². The van der Waals surface area contributed by atoms with Crippen molar-refractivity contribution >= 4 is 5.91 Å². The number of carbonyl (C=O) groups is 1. The number of ether oxygens (including phenoxy) is 1. The highest BCUT2D eigenvalue weighted by molar-refractivity contribution is 6.02. The Morgan fingerprint density at radius 3 is 2.48 bits per heavy atom. The molecule has 0 aliphatic carbocycles. The summed E-state index contributed by atoms with van der Waals surface area (Å²) in [6, 6.07) is 10.1. The largest absolute Gasteiger partial charge is 0.382 e. The molecule has 0 fully saturated rings. The van der Waals surface area contributed by atoms with Crippen LogP contribution in [-0.2, 0) is 17.7 Å². The van der Waals surface area contributed by atoms with E-state index in [1.165, 1.54) is 5.69 Å². The third kappa shape index (κ3) is 4.51. The Labute approximate surface area is 151 Å². The molecule has 0 aliphatic rings. The summed E-state index contributed by atoms with van der Waals surface area (Å²) in [5.41, 5.74) is 10.7. The van der Waals surface area contributed by atoms with Crippen molar-refractivity contribution in [3.8, 4) is 11.1 Å². The predicted octanol–water partition coefficient (Wildman–Crippen LogP) is 4.33. The summed E-state index contributed by atoms with van der Waals surface area (Å²) in [5.74, 6) is -0.349. The van der Waals surface area contributed by atoms with Gasteiger partial charge in [0.2, 0.25) is 0 Å². The number of rotatable bonds is 10. The number of amides is 1. The van der Waals surface area contributed by atoms with Crippen molar-refractivity contribution in [2.75, 3.05) is 13.2 Å². The van der Waals surface area contributed by atoms with Gasteiger partial charge >= 0.3 is 0 Å². The van der Waals surface area contributed by atoms with Gasteiger partial charge in [0.15, 0.2) is 0 Å². The van der Waals surface area contributed by atoms with Crippen LogP contribution < -0.4 is 5.73 Å². The van der Waals surface area contributed by atoms with Crippen molar-refractivity contribution in [2.45, 2.75) is 53.0 Å². The van der Waals surface area contributed by atoms with Gasteiger partial charge in [-0.15, -0.1) is 0 Å². The zero-order valence-electron chi connectivity index (χ0n) is 15.7. The highest BCUT2D eigenvalue weighted by Crippen LogP contribution is 2.34. The van der Waals surface area contributed by atoms with Gasteiger partial charge in [-0.3, -0.25) is 4.79 Å². The lowest BCUT2D eigenvalue weighted by molar-refractivity contribution is 0.1000.